The van der Waals surface area contributed by atoms with Gasteiger partial charge in [0, 0.05) is 37.1 Å². The predicted molar refractivity (Wildman–Crippen MR) is 234 cm³/mol. The van der Waals surface area contributed by atoms with E-state index in [1.165, 1.54) is 6.92 Å². The number of sulfonamides is 2. The maximum absolute atomic E-state index is 13.4. The largest absolute Gasteiger partial charge is 0.487 e. The maximum atomic E-state index is 13.4. The van der Waals surface area contributed by atoms with Crippen molar-refractivity contribution in [2.75, 3.05) is 13.1 Å². The van der Waals surface area contributed by atoms with Crippen LogP contribution in [0.25, 0.3) is 0 Å². The van der Waals surface area contributed by atoms with Gasteiger partial charge in [-0.05, 0) is 135 Å². The molecule has 19 nitrogen and oxygen atoms in total. The van der Waals surface area contributed by atoms with E-state index in [9.17, 15) is 36.3 Å². The molecule has 2 aromatic carbocycles. The molecule has 0 radical (unpaired) electrons. The fraction of sp³-hybridized carbons (Fsp3) is 0.585. The van der Waals surface area contributed by atoms with Gasteiger partial charge in [0.15, 0.2) is 0 Å². The van der Waals surface area contributed by atoms with Crippen molar-refractivity contribution in [2.24, 2.45) is 5.73 Å². The van der Waals surface area contributed by atoms with Gasteiger partial charge in [0.05, 0.1) is 15.8 Å². The molecule has 2 heterocycles. The summed E-state index contributed by atoms with van der Waals surface area (Å²) in [7, 11) is -8.30. The van der Waals surface area contributed by atoms with Crippen molar-refractivity contribution in [2.45, 2.75) is 154 Å². The number of nitrogens with two attached hydrogens (primary N) is 1. The first-order chi connectivity index (χ1) is 28.5. The molecule has 62 heavy (non-hydrogen) atoms. The number of carboxylic acids is 1. The lowest BCUT2D eigenvalue weighted by atomic mass is 9.94. The molecule has 0 fully saturated rings. The maximum Gasteiger partial charge on any atom is 0.326 e. The minimum atomic E-state index is -4.17. The van der Waals surface area contributed by atoms with Gasteiger partial charge < -0.3 is 41.6 Å². The molecule has 11 N–H and O–H groups in total. The average molecular weight is 906 g/mol. The number of hydrogen-bond acceptors (Lipinski definition) is 12. The molecule has 0 spiro atoms. The van der Waals surface area contributed by atoms with Crippen molar-refractivity contribution in [1.29, 1.82) is 10.8 Å². The van der Waals surface area contributed by atoms with E-state index in [1.54, 1.807) is 41.5 Å². The predicted octanol–water partition coefficient (Wildman–Crippen LogP) is 2.23. The molecule has 4 rings (SSSR count). The lowest BCUT2D eigenvalue weighted by Gasteiger charge is -2.21. The molecule has 3 atom stereocenters. The SMILES string of the molecule is Cc1c(C)c(S(=O)(=O)NC(=N)NCCC[C@@H](N)C(=O)N[C@H](C)C(=O)N[C@H](CCCNC(=N)NS(=O)(=O)c2c(C)c(C)c3c(c2C)CC(C)(C)O3)C(=O)O)c(C)c2c1OC(C)(C)C2. The summed E-state index contributed by atoms with van der Waals surface area (Å²) in [5.41, 5.74) is 10.3. The van der Waals surface area contributed by atoms with E-state index in [-0.39, 0.29) is 48.6 Å². The van der Waals surface area contributed by atoms with Crippen LogP contribution in [0.2, 0.25) is 0 Å². The van der Waals surface area contributed by atoms with Crippen LogP contribution in [0.5, 0.6) is 11.5 Å². The van der Waals surface area contributed by atoms with E-state index in [2.05, 4.69) is 30.7 Å². The topological polar surface area (TPSA) is 304 Å². The van der Waals surface area contributed by atoms with E-state index in [0.29, 0.717) is 52.2 Å². The Labute approximate surface area is 364 Å². The minimum Gasteiger partial charge on any atom is -0.487 e. The van der Waals surface area contributed by atoms with E-state index in [1.807, 2.05) is 27.7 Å². The Kier molecular flexibility index (Phi) is 14.9. The van der Waals surface area contributed by atoms with Crippen LogP contribution in [0.3, 0.4) is 0 Å². The highest BCUT2D eigenvalue weighted by Gasteiger charge is 2.38. The standard InChI is InChI=1S/C41H63N9O10S2/c1-20-22(3)33(24(5)27-18-40(8,9)59-31(20)27)61(55,56)49-38(43)45-16-12-14-29(42)36(52)47-26(7)35(51)48-30(37(53)54)15-13-17-46-39(44)50-62(57,58)34-23(4)21(2)32-28(25(34)6)19-41(10,11)60-32/h26,29-30H,12-19,42H2,1-11H3,(H,47,52)(H,48,51)(H,53,54)(H3,43,45,49)(H3,44,46,50)/t26-,29-,30-/m1/s1. The molecule has 21 heteroatoms. The Hall–Kier alpha value is -5.15. The third-order valence-electron chi connectivity index (χ3n) is 11.3. The Morgan fingerprint density at radius 3 is 1.48 bits per heavy atom. The molecule has 0 saturated carbocycles. The van der Waals surface area contributed by atoms with Crippen LogP contribution in [0, 0.1) is 52.4 Å². The van der Waals surface area contributed by atoms with Crippen molar-refractivity contribution in [1.82, 2.24) is 30.7 Å². The molecule has 2 aliphatic heterocycles. The number of amides is 2. The van der Waals surface area contributed by atoms with Crippen molar-refractivity contribution in [3.8, 4) is 11.5 Å². The zero-order valence-electron chi connectivity index (χ0n) is 37.4. The van der Waals surface area contributed by atoms with Crippen LogP contribution in [-0.2, 0) is 47.3 Å². The smallest absolute Gasteiger partial charge is 0.326 e. The van der Waals surface area contributed by atoms with E-state index in [0.717, 1.165) is 16.7 Å². The van der Waals surface area contributed by atoms with Crippen molar-refractivity contribution in [3.05, 3.63) is 44.5 Å². The number of aliphatic carboxylic acids is 1. The lowest BCUT2D eigenvalue weighted by molar-refractivity contribution is -0.142. The summed E-state index contributed by atoms with van der Waals surface area (Å²) < 4.78 is 70.4. The van der Waals surface area contributed by atoms with Crippen LogP contribution in [0.15, 0.2) is 9.79 Å². The Bertz CT molecular complexity index is 2380. The number of hydrogen-bond donors (Lipinski definition) is 10. The lowest BCUT2D eigenvalue weighted by Crippen LogP contribution is -2.53. The first kappa shape index (κ1) is 49.5. The summed E-state index contributed by atoms with van der Waals surface area (Å²) in [4.78, 5) is 37.8. The van der Waals surface area contributed by atoms with Gasteiger partial charge in [0.25, 0.3) is 20.0 Å². The molecule has 0 aliphatic carbocycles. The minimum absolute atomic E-state index is 0.00762. The van der Waals surface area contributed by atoms with Crippen LogP contribution in [0.4, 0.5) is 0 Å². The number of carbonyl (C=O) groups is 3. The number of carboxylic acid groups (broad SMARTS) is 1. The normalized spacial score (nSPS) is 16.3. The van der Waals surface area contributed by atoms with E-state index < -0.39 is 79.1 Å². The second-order valence-electron chi connectivity index (χ2n) is 17.4. The van der Waals surface area contributed by atoms with Crippen molar-refractivity contribution >= 4 is 49.7 Å². The van der Waals surface area contributed by atoms with Crippen LogP contribution in [0.1, 0.15) is 105 Å². The molecule has 344 valence electrons. The third-order valence-corrected chi connectivity index (χ3v) is 14.5. The molecule has 2 aromatic rings. The molecule has 2 amide bonds. The second-order valence-corrected chi connectivity index (χ2v) is 20.7. The van der Waals surface area contributed by atoms with Gasteiger partial charge in [0.1, 0.15) is 34.8 Å². The number of carbonyl (C=O) groups excluding carboxylic acids is 2. The fourth-order valence-corrected chi connectivity index (χ4v) is 10.9. The number of fused-ring (bicyclic) bond motifs is 2. The quantitative estimate of drug-likeness (QED) is 0.0620. The van der Waals surface area contributed by atoms with Gasteiger partial charge in [0.2, 0.25) is 23.7 Å². The average Bonchev–Trinajstić information content (AvgIpc) is 3.67. The zero-order valence-corrected chi connectivity index (χ0v) is 39.0. The summed E-state index contributed by atoms with van der Waals surface area (Å²) in [5.74, 6) is -2.39. The van der Waals surface area contributed by atoms with Crippen molar-refractivity contribution in [3.63, 3.8) is 0 Å². The van der Waals surface area contributed by atoms with Gasteiger partial charge in [-0.15, -0.1) is 0 Å². The van der Waals surface area contributed by atoms with Gasteiger partial charge in [-0.25, -0.2) is 31.1 Å². The van der Waals surface area contributed by atoms with Gasteiger partial charge in [-0.2, -0.15) is 0 Å². The van der Waals surface area contributed by atoms with E-state index in [4.69, 9.17) is 26.0 Å². The highest BCUT2D eigenvalue weighted by Crippen LogP contribution is 2.45. The summed E-state index contributed by atoms with van der Waals surface area (Å²) in [6.45, 7) is 19.6. The van der Waals surface area contributed by atoms with Crippen LogP contribution in [-0.4, -0.2) is 94.1 Å². The number of rotatable bonds is 17. The highest BCUT2D eigenvalue weighted by molar-refractivity contribution is 7.90. The Balaban J connectivity index is 1.19. The van der Waals surface area contributed by atoms with Crippen molar-refractivity contribution < 1.29 is 45.8 Å². The third kappa shape index (κ3) is 11.3. The molecular weight excluding hydrogens is 843 g/mol. The molecule has 0 aromatic heterocycles. The monoisotopic (exact) mass is 905 g/mol. The first-order valence-corrected chi connectivity index (χ1v) is 23.4. The summed E-state index contributed by atoms with van der Waals surface area (Å²) in [6, 6.07) is -3.58. The van der Waals surface area contributed by atoms with Gasteiger partial charge in [-0.1, -0.05) is 0 Å². The number of guanidine groups is 2. The summed E-state index contributed by atoms with van der Waals surface area (Å²) in [5, 5.41) is 36.3. The molecule has 0 unspecified atom stereocenters. The van der Waals surface area contributed by atoms with Gasteiger partial charge >= 0.3 is 5.97 Å². The second kappa shape index (κ2) is 18.7. The molecular formula is C41H63N9O10S2. The van der Waals surface area contributed by atoms with Crippen LogP contribution >= 0.6 is 0 Å². The van der Waals surface area contributed by atoms with Crippen LogP contribution < -0.4 is 45.9 Å². The molecule has 2 aliphatic rings. The first-order valence-electron chi connectivity index (χ1n) is 20.4. The van der Waals surface area contributed by atoms with Gasteiger partial charge in [-0.3, -0.25) is 20.4 Å². The zero-order chi connectivity index (χ0) is 46.9. The highest BCUT2D eigenvalue weighted by atomic mass is 32.2. The fourth-order valence-electron chi connectivity index (χ4n) is 7.86. The number of nitrogens with one attached hydrogen (secondary N) is 8. The number of ether oxygens (including phenoxy) is 2. The molecule has 0 bridgehead atoms. The van der Waals surface area contributed by atoms with E-state index >= 15 is 0 Å². The number of benzene rings is 2. The summed E-state index contributed by atoms with van der Waals surface area (Å²) in [6.07, 6.45) is 1.50. The summed E-state index contributed by atoms with van der Waals surface area (Å²) >= 11 is 0. The Morgan fingerprint density at radius 2 is 1.08 bits per heavy atom. The molecule has 0 saturated heterocycles. The Morgan fingerprint density at radius 1 is 0.677 bits per heavy atom.